The van der Waals surface area contributed by atoms with Crippen molar-refractivity contribution in [1.29, 1.82) is 0 Å². The molecule has 0 unspecified atom stereocenters. The Morgan fingerprint density at radius 1 is 1.18 bits per heavy atom. The van der Waals surface area contributed by atoms with E-state index in [4.69, 9.17) is 4.74 Å². The summed E-state index contributed by atoms with van der Waals surface area (Å²) in [5.74, 6) is 1.77. The van der Waals surface area contributed by atoms with Crippen LogP contribution in [0.25, 0.3) is 0 Å². The minimum atomic E-state index is -0.245. The van der Waals surface area contributed by atoms with Crippen LogP contribution < -0.4 is 15.4 Å². The highest BCUT2D eigenvalue weighted by molar-refractivity contribution is 5.90. The minimum Gasteiger partial charge on any atom is -0.455 e. The summed E-state index contributed by atoms with van der Waals surface area (Å²) in [6.45, 7) is 5.63. The zero-order valence-corrected chi connectivity index (χ0v) is 16.4. The van der Waals surface area contributed by atoms with Gasteiger partial charge in [0.15, 0.2) is 5.75 Å². The first-order valence-electron chi connectivity index (χ1n) is 9.85. The molecule has 0 bridgehead atoms. The van der Waals surface area contributed by atoms with Crippen LogP contribution in [-0.4, -0.2) is 48.8 Å². The standard InChI is InChI=1S/C22H29N3O3/c1-17-5-4-6-19(15-17)28-21-8-3-2-7-20(21)24-22(27)23-11-14-25-12-9-18(16-26)10-13-25/h2-8,15,18,26H,9-14,16H2,1H3,(H2,23,24,27). The maximum Gasteiger partial charge on any atom is 0.319 e. The van der Waals surface area contributed by atoms with Gasteiger partial charge in [-0.2, -0.15) is 0 Å². The number of aliphatic hydroxyl groups excluding tert-OH is 1. The van der Waals surface area contributed by atoms with Crippen LogP contribution in [0.4, 0.5) is 10.5 Å². The summed E-state index contributed by atoms with van der Waals surface area (Å²) in [6, 6.07) is 15.0. The third-order valence-corrected chi connectivity index (χ3v) is 5.03. The van der Waals surface area contributed by atoms with Gasteiger partial charge < -0.3 is 25.4 Å². The van der Waals surface area contributed by atoms with Gasteiger partial charge >= 0.3 is 6.03 Å². The maximum absolute atomic E-state index is 12.3. The first kappa shape index (κ1) is 20.2. The second kappa shape index (κ2) is 10.1. The number of amides is 2. The Bertz CT molecular complexity index is 773. The summed E-state index contributed by atoms with van der Waals surface area (Å²) in [4.78, 5) is 14.6. The van der Waals surface area contributed by atoms with Crippen molar-refractivity contribution >= 4 is 11.7 Å². The van der Waals surface area contributed by atoms with E-state index in [2.05, 4.69) is 15.5 Å². The second-order valence-corrected chi connectivity index (χ2v) is 7.26. The fourth-order valence-electron chi connectivity index (χ4n) is 3.35. The summed E-state index contributed by atoms with van der Waals surface area (Å²) in [6.07, 6.45) is 2.04. The average molecular weight is 383 g/mol. The first-order chi connectivity index (χ1) is 13.6. The molecule has 1 heterocycles. The molecule has 1 aliphatic heterocycles. The predicted octanol–water partition coefficient (Wildman–Crippen LogP) is 3.61. The number of ether oxygens (including phenoxy) is 1. The number of likely N-dealkylation sites (tertiary alicyclic amines) is 1. The molecule has 3 rings (SSSR count). The molecule has 0 radical (unpaired) electrons. The SMILES string of the molecule is Cc1cccc(Oc2ccccc2NC(=O)NCCN2CCC(CO)CC2)c1. The van der Waals surface area contributed by atoms with E-state index in [1.807, 2.05) is 55.5 Å². The van der Waals surface area contributed by atoms with Crippen LogP contribution in [0.1, 0.15) is 18.4 Å². The summed E-state index contributed by atoms with van der Waals surface area (Å²) >= 11 is 0. The molecule has 2 aromatic rings. The Balaban J connectivity index is 1.48. The van der Waals surface area contributed by atoms with Crippen LogP contribution in [0, 0.1) is 12.8 Å². The van der Waals surface area contributed by atoms with E-state index in [0.29, 0.717) is 23.9 Å². The summed E-state index contributed by atoms with van der Waals surface area (Å²) in [5, 5.41) is 15.0. The molecule has 28 heavy (non-hydrogen) atoms. The highest BCUT2D eigenvalue weighted by Crippen LogP contribution is 2.29. The molecule has 6 heteroatoms. The number of hydrogen-bond donors (Lipinski definition) is 3. The number of anilines is 1. The number of nitrogens with one attached hydrogen (secondary N) is 2. The Kier molecular flexibility index (Phi) is 7.28. The van der Waals surface area contributed by atoms with Gasteiger partial charge in [-0.25, -0.2) is 4.79 Å². The molecular weight excluding hydrogens is 354 g/mol. The minimum absolute atomic E-state index is 0.245. The number of benzene rings is 2. The number of hydrogen-bond acceptors (Lipinski definition) is 4. The van der Waals surface area contributed by atoms with Gasteiger partial charge in [-0.15, -0.1) is 0 Å². The number of carbonyl (C=O) groups is 1. The largest absolute Gasteiger partial charge is 0.455 e. The van der Waals surface area contributed by atoms with Gasteiger partial charge in [-0.1, -0.05) is 24.3 Å². The highest BCUT2D eigenvalue weighted by atomic mass is 16.5. The molecule has 0 aromatic heterocycles. The number of aliphatic hydroxyl groups is 1. The van der Waals surface area contributed by atoms with Gasteiger partial charge in [-0.3, -0.25) is 0 Å². The molecule has 1 fully saturated rings. The van der Waals surface area contributed by atoms with Crippen molar-refractivity contribution in [2.45, 2.75) is 19.8 Å². The fraction of sp³-hybridized carbons (Fsp3) is 0.409. The van der Waals surface area contributed by atoms with E-state index >= 15 is 0 Å². The topological polar surface area (TPSA) is 73.8 Å². The van der Waals surface area contributed by atoms with E-state index in [0.717, 1.165) is 43.8 Å². The zero-order chi connectivity index (χ0) is 19.8. The predicted molar refractivity (Wildman–Crippen MR) is 111 cm³/mol. The summed E-state index contributed by atoms with van der Waals surface area (Å²) in [7, 11) is 0. The summed E-state index contributed by atoms with van der Waals surface area (Å²) < 4.78 is 5.94. The van der Waals surface area contributed by atoms with Crippen LogP contribution in [0.15, 0.2) is 48.5 Å². The van der Waals surface area contributed by atoms with Crippen molar-refractivity contribution in [2.75, 3.05) is 38.1 Å². The zero-order valence-electron chi connectivity index (χ0n) is 16.4. The van der Waals surface area contributed by atoms with Crippen LogP contribution in [0.3, 0.4) is 0 Å². The van der Waals surface area contributed by atoms with E-state index in [1.54, 1.807) is 0 Å². The van der Waals surface area contributed by atoms with E-state index in [1.165, 1.54) is 0 Å². The second-order valence-electron chi connectivity index (χ2n) is 7.26. The molecule has 2 amide bonds. The molecular formula is C22H29N3O3. The van der Waals surface area contributed by atoms with Gasteiger partial charge in [0.2, 0.25) is 0 Å². The molecule has 0 aliphatic carbocycles. The monoisotopic (exact) mass is 383 g/mol. The van der Waals surface area contributed by atoms with Crippen molar-refractivity contribution < 1.29 is 14.6 Å². The molecule has 1 aliphatic rings. The lowest BCUT2D eigenvalue weighted by Gasteiger charge is -2.30. The molecule has 3 N–H and O–H groups in total. The molecule has 0 saturated carbocycles. The Labute approximate surface area is 166 Å². The lowest BCUT2D eigenvalue weighted by Crippen LogP contribution is -2.41. The number of urea groups is 1. The molecule has 1 saturated heterocycles. The number of para-hydroxylation sites is 2. The van der Waals surface area contributed by atoms with Crippen LogP contribution in [-0.2, 0) is 0 Å². The normalized spacial score (nSPS) is 15.2. The van der Waals surface area contributed by atoms with Crippen molar-refractivity contribution in [2.24, 2.45) is 5.92 Å². The van der Waals surface area contributed by atoms with Crippen molar-refractivity contribution in [3.63, 3.8) is 0 Å². The maximum atomic E-state index is 12.3. The van der Waals surface area contributed by atoms with Crippen molar-refractivity contribution in [1.82, 2.24) is 10.2 Å². The number of aryl methyl sites for hydroxylation is 1. The van der Waals surface area contributed by atoms with Gasteiger partial charge in [0.1, 0.15) is 5.75 Å². The van der Waals surface area contributed by atoms with E-state index in [-0.39, 0.29) is 12.6 Å². The lowest BCUT2D eigenvalue weighted by molar-refractivity contribution is 0.132. The summed E-state index contributed by atoms with van der Waals surface area (Å²) in [5.41, 5.74) is 1.74. The Morgan fingerprint density at radius 3 is 2.71 bits per heavy atom. The Morgan fingerprint density at radius 2 is 1.96 bits per heavy atom. The third kappa shape index (κ3) is 5.97. The van der Waals surface area contributed by atoms with Crippen LogP contribution >= 0.6 is 0 Å². The number of carbonyl (C=O) groups excluding carboxylic acids is 1. The van der Waals surface area contributed by atoms with Gasteiger partial charge in [0.05, 0.1) is 5.69 Å². The van der Waals surface area contributed by atoms with Crippen molar-refractivity contribution in [3.05, 3.63) is 54.1 Å². The van der Waals surface area contributed by atoms with Crippen molar-refractivity contribution in [3.8, 4) is 11.5 Å². The van der Waals surface area contributed by atoms with Crippen LogP contribution in [0.5, 0.6) is 11.5 Å². The van der Waals surface area contributed by atoms with E-state index in [9.17, 15) is 9.90 Å². The lowest BCUT2D eigenvalue weighted by atomic mass is 9.98. The number of rotatable bonds is 7. The quantitative estimate of drug-likeness (QED) is 0.683. The molecule has 150 valence electrons. The fourth-order valence-corrected chi connectivity index (χ4v) is 3.35. The smallest absolute Gasteiger partial charge is 0.319 e. The Hall–Kier alpha value is -2.57. The highest BCUT2D eigenvalue weighted by Gasteiger charge is 2.18. The molecule has 0 spiro atoms. The van der Waals surface area contributed by atoms with Gasteiger partial charge in [-0.05, 0) is 68.6 Å². The first-order valence-corrected chi connectivity index (χ1v) is 9.85. The van der Waals surface area contributed by atoms with Gasteiger partial charge in [0.25, 0.3) is 0 Å². The van der Waals surface area contributed by atoms with E-state index < -0.39 is 0 Å². The number of nitrogens with zero attached hydrogens (tertiary/aromatic N) is 1. The average Bonchev–Trinajstić information content (AvgIpc) is 2.70. The van der Waals surface area contributed by atoms with Gasteiger partial charge in [0, 0.05) is 19.7 Å². The molecule has 2 aromatic carbocycles. The molecule has 0 atom stereocenters. The third-order valence-electron chi connectivity index (χ3n) is 5.03. The number of piperidine rings is 1. The molecule has 6 nitrogen and oxygen atoms in total. The van der Waals surface area contributed by atoms with Crippen LogP contribution in [0.2, 0.25) is 0 Å².